The highest BCUT2D eigenvalue weighted by atomic mass is 16.5. The van der Waals surface area contributed by atoms with Crippen LogP contribution in [0, 0.1) is 6.92 Å². The molecule has 8 nitrogen and oxygen atoms in total. The van der Waals surface area contributed by atoms with Gasteiger partial charge in [-0.3, -0.25) is 9.48 Å². The Balaban J connectivity index is 1.59. The van der Waals surface area contributed by atoms with Gasteiger partial charge in [0.1, 0.15) is 12.7 Å². The van der Waals surface area contributed by atoms with E-state index in [1.165, 1.54) is 6.33 Å². The number of nitrogens with zero attached hydrogens (tertiary/aromatic N) is 6. The van der Waals surface area contributed by atoms with Crippen LogP contribution in [0.25, 0.3) is 11.1 Å². The van der Waals surface area contributed by atoms with E-state index in [4.69, 9.17) is 4.52 Å². The molecule has 3 aromatic rings. The average Bonchev–Trinajstić information content (AvgIpc) is 3.29. The minimum absolute atomic E-state index is 0.0115. The largest absolute Gasteiger partial charge is 0.336 e. The van der Waals surface area contributed by atoms with Crippen LogP contribution in [-0.4, -0.2) is 48.3 Å². The molecule has 0 aromatic carbocycles. The summed E-state index contributed by atoms with van der Waals surface area (Å²) in [5, 5.41) is 8.78. The molecule has 1 aliphatic rings. The number of fused-ring (bicyclic) bond motifs is 1. The molecule has 0 spiro atoms. The second-order valence-corrected chi connectivity index (χ2v) is 5.76. The third kappa shape index (κ3) is 2.45. The molecule has 1 amide bonds. The van der Waals surface area contributed by atoms with Gasteiger partial charge in [-0.05, 0) is 25.8 Å². The first kappa shape index (κ1) is 13.9. The van der Waals surface area contributed by atoms with E-state index in [-0.39, 0.29) is 11.9 Å². The lowest BCUT2D eigenvalue weighted by Gasteiger charge is -2.24. The summed E-state index contributed by atoms with van der Waals surface area (Å²) in [5.41, 5.74) is 1.76. The summed E-state index contributed by atoms with van der Waals surface area (Å²) < 4.78 is 6.86. The van der Waals surface area contributed by atoms with E-state index in [0.29, 0.717) is 17.8 Å². The Morgan fingerprint density at radius 2 is 2.39 bits per heavy atom. The van der Waals surface area contributed by atoms with Crippen LogP contribution in [0.1, 0.15) is 28.9 Å². The molecule has 1 aliphatic heterocycles. The molecule has 1 saturated heterocycles. The van der Waals surface area contributed by atoms with Gasteiger partial charge < -0.3 is 9.42 Å². The Hall–Kier alpha value is -2.77. The summed E-state index contributed by atoms with van der Waals surface area (Å²) in [7, 11) is 0. The van der Waals surface area contributed by atoms with Crippen LogP contribution in [0.4, 0.5) is 0 Å². The van der Waals surface area contributed by atoms with E-state index in [1.807, 2.05) is 11.8 Å². The van der Waals surface area contributed by atoms with Gasteiger partial charge in [-0.1, -0.05) is 5.16 Å². The van der Waals surface area contributed by atoms with Gasteiger partial charge in [0.2, 0.25) is 0 Å². The number of hydrogen-bond acceptors (Lipinski definition) is 6. The monoisotopic (exact) mass is 312 g/mol. The molecule has 1 atom stereocenters. The number of amides is 1. The van der Waals surface area contributed by atoms with Crippen molar-refractivity contribution in [1.82, 2.24) is 29.8 Å². The zero-order valence-electron chi connectivity index (χ0n) is 12.7. The molecule has 3 aromatic heterocycles. The number of likely N-dealkylation sites (tertiary alicyclic amines) is 1. The highest BCUT2D eigenvalue weighted by molar-refractivity contribution is 5.97. The maximum Gasteiger partial charge on any atom is 0.257 e. The number of pyridine rings is 1. The number of carbonyl (C=O) groups is 1. The minimum Gasteiger partial charge on any atom is -0.336 e. The van der Waals surface area contributed by atoms with Crippen molar-refractivity contribution < 1.29 is 9.32 Å². The third-order valence-corrected chi connectivity index (χ3v) is 4.26. The number of carbonyl (C=O) groups excluding carboxylic acids is 1. The third-order valence-electron chi connectivity index (χ3n) is 4.26. The minimum atomic E-state index is -0.0115. The first-order valence-electron chi connectivity index (χ1n) is 7.58. The van der Waals surface area contributed by atoms with Crippen molar-refractivity contribution in [3.8, 4) is 0 Å². The van der Waals surface area contributed by atoms with Crippen LogP contribution in [0.2, 0.25) is 0 Å². The van der Waals surface area contributed by atoms with Gasteiger partial charge in [0.25, 0.3) is 11.6 Å². The number of aryl methyl sites for hydroxylation is 1. The fourth-order valence-corrected chi connectivity index (χ4v) is 3.06. The fraction of sp³-hybridized carbons (Fsp3) is 0.400. The Kier molecular flexibility index (Phi) is 3.29. The molecule has 0 aliphatic carbocycles. The summed E-state index contributed by atoms with van der Waals surface area (Å²) >= 11 is 0. The SMILES string of the molecule is Cc1noc2ncc(C(=O)N3CCCC3Cn3cncn3)cc12. The van der Waals surface area contributed by atoms with Crippen molar-refractivity contribution in [2.75, 3.05) is 6.54 Å². The molecule has 8 heteroatoms. The molecule has 23 heavy (non-hydrogen) atoms. The maximum atomic E-state index is 12.9. The lowest BCUT2D eigenvalue weighted by Crippen LogP contribution is -2.38. The maximum absolute atomic E-state index is 12.9. The van der Waals surface area contributed by atoms with Crippen molar-refractivity contribution in [1.29, 1.82) is 0 Å². The van der Waals surface area contributed by atoms with Crippen molar-refractivity contribution in [3.05, 3.63) is 36.2 Å². The van der Waals surface area contributed by atoms with E-state index >= 15 is 0 Å². The highest BCUT2D eigenvalue weighted by Gasteiger charge is 2.30. The summed E-state index contributed by atoms with van der Waals surface area (Å²) in [6.45, 7) is 3.25. The van der Waals surface area contributed by atoms with Crippen molar-refractivity contribution in [2.45, 2.75) is 32.4 Å². The highest BCUT2D eigenvalue weighted by Crippen LogP contribution is 2.23. The lowest BCUT2D eigenvalue weighted by atomic mass is 10.1. The van der Waals surface area contributed by atoms with E-state index in [9.17, 15) is 4.79 Å². The summed E-state index contributed by atoms with van der Waals surface area (Å²) in [6, 6.07) is 1.94. The zero-order chi connectivity index (χ0) is 15.8. The second kappa shape index (κ2) is 5.45. The average molecular weight is 312 g/mol. The van der Waals surface area contributed by atoms with Crippen LogP contribution in [0.15, 0.2) is 29.4 Å². The Labute approximate surface area is 132 Å². The molecular formula is C15H16N6O2. The van der Waals surface area contributed by atoms with Crippen molar-refractivity contribution in [3.63, 3.8) is 0 Å². The smallest absolute Gasteiger partial charge is 0.257 e. The molecule has 0 saturated carbocycles. The van der Waals surface area contributed by atoms with Gasteiger partial charge >= 0.3 is 0 Å². The van der Waals surface area contributed by atoms with Gasteiger partial charge in [-0.25, -0.2) is 9.97 Å². The normalized spacial score (nSPS) is 18.0. The summed E-state index contributed by atoms with van der Waals surface area (Å²) in [4.78, 5) is 22.9. The van der Waals surface area contributed by atoms with E-state index in [0.717, 1.165) is 30.5 Å². The zero-order valence-corrected chi connectivity index (χ0v) is 12.7. The molecule has 118 valence electrons. The quantitative estimate of drug-likeness (QED) is 0.726. The van der Waals surface area contributed by atoms with Crippen LogP contribution in [-0.2, 0) is 6.54 Å². The van der Waals surface area contributed by atoms with Gasteiger partial charge in [0.05, 0.1) is 29.2 Å². The number of hydrogen-bond donors (Lipinski definition) is 0. The number of aromatic nitrogens is 5. The fourth-order valence-electron chi connectivity index (χ4n) is 3.06. The molecule has 1 fully saturated rings. The first-order valence-corrected chi connectivity index (χ1v) is 7.58. The predicted octanol–water partition coefficient (Wildman–Crippen LogP) is 1.43. The van der Waals surface area contributed by atoms with E-state index in [2.05, 4.69) is 20.2 Å². The van der Waals surface area contributed by atoms with Crippen molar-refractivity contribution in [2.24, 2.45) is 0 Å². The summed E-state index contributed by atoms with van der Waals surface area (Å²) in [5.74, 6) is -0.0115. The van der Waals surface area contributed by atoms with Crippen LogP contribution in [0.3, 0.4) is 0 Å². The Morgan fingerprint density at radius 3 is 3.22 bits per heavy atom. The lowest BCUT2D eigenvalue weighted by molar-refractivity contribution is 0.0721. The first-order chi connectivity index (χ1) is 11.2. The predicted molar refractivity (Wildman–Crippen MR) is 80.6 cm³/mol. The molecule has 4 rings (SSSR count). The second-order valence-electron chi connectivity index (χ2n) is 5.76. The van der Waals surface area contributed by atoms with Crippen LogP contribution >= 0.6 is 0 Å². The summed E-state index contributed by atoms with van der Waals surface area (Å²) in [6.07, 6.45) is 6.70. The number of rotatable bonds is 3. The van der Waals surface area contributed by atoms with Crippen molar-refractivity contribution >= 4 is 17.0 Å². The molecule has 1 unspecified atom stereocenters. The van der Waals surface area contributed by atoms with E-state index < -0.39 is 0 Å². The Morgan fingerprint density at radius 1 is 1.48 bits per heavy atom. The molecular weight excluding hydrogens is 296 g/mol. The van der Waals surface area contributed by atoms with Gasteiger partial charge in [-0.15, -0.1) is 0 Å². The molecule has 4 heterocycles. The standard InChI is InChI=1S/C15H16N6O2/c1-10-13-5-11(6-17-14(13)23-19-10)15(22)21-4-2-3-12(21)7-20-9-16-8-18-20/h5-6,8-9,12H,2-4,7H2,1H3. The van der Waals surface area contributed by atoms with Gasteiger partial charge in [-0.2, -0.15) is 5.10 Å². The van der Waals surface area contributed by atoms with E-state index in [1.54, 1.807) is 23.3 Å². The Bertz CT molecular complexity index is 841. The van der Waals surface area contributed by atoms with Crippen LogP contribution in [0.5, 0.6) is 0 Å². The van der Waals surface area contributed by atoms with Gasteiger partial charge in [0, 0.05) is 12.7 Å². The molecule has 0 bridgehead atoms. The van der Waals surface area contributed by atoms with Crippen LogP contribution < -0.4 is 0 Å². The topological polar surface area (TPSA) is 89.9 Å². The van der Waals surface area contributed by atoms with Gasteiger partial charge in [0.15, 0.2) is 0 Å². The molecule has 0 N–H and O–H groups in total. The molecule has 0 radical (unpaired) electrons.